The number of phenolic OH excluding ortho intramolecular Hbond substituents is 1. The van der Waals surface area contributed by atoms with Crippen molar-refractivity contribution in [3.05, 3.63) is 66.1 Å². The van der Waals surface area contributed by atoms with Gasteiger partial charge in [0.05, 0.1) is 17.3 Å². The summed E-state index contributed by atoms with van der Waals surface area (Å²) in [5.41, 5.74) is 11.0. The Kier molecular flexibility index (Phi) is 4.18. The number of aromatic hydroxyl groups is 1. The van der Waals surface area contributed by atoms with E-state index in [1.54, 1.807) is 18.5 Å². The van der Waals surface area contributed by atoms with E-state index in [-0.39, 0.29) is 11.8 Å². The molecule has 0 bridgehead atoms. The van der Waals surface area contributed by atoms with Crippen molar-refractivity contribution >= 4 is 22.7 Å². The van der Waals surface area contributed by atoms with Gasteiger partial charge in [0.2, 0.25) is 5.95 Å². The summed E-state index contributed by atoms with van der Waals surface area (Å²) >= 11 is 0. The van der Waals surface area contributed by atoms with E-state index < -0.39 is 0 Å². The first kappa shape index (κ1) is 17.3. The average Bonchev–Trinajstić information content (AvgIpc) is 3.23. The van der Waals surface area contributed by atoms with Crippen LogP contribution in [0.2, 0.25) is 0 Å². The van der Waals surface area contributed by atoms with E-state index in [2.05, 4.69) is 36.1 Å². The van der Waals surface area contributed by atoms with Crippen molar-refractivity contribution in [1.29, 1.82) is 0 Å². The third-order valence-electron chi connectivity index (χ3n) is 5.01. The number of phenols is 1. The van der Waals surface area contributed by atoms with Gasteiger partial charge in [-0.15, -0.1) is 0 Å². The van der Waals surface area contributed by atoms with Crippen LogP contribution in [0.15, 0.2) is 55.0 Å². The summed E-state index contributed by atoms with van der Waals surface area (Å²) in [4.78, 5) is 17.8. The molecule has 29 heavy (non-hydrogen) atoms. The molecule has 0 amide bonds. The van der Waals surface area contributed by atoms with Gasteiger partial charge in [-0.2, -0.15) is 0 Å². The lowest BCUT2D eigenvalue weighted by atomic mass is 10.0. The smallest absolute Gasteiger partial charge is 0.223 e. The molecular formula is C21H19N7O. The molecule has 4 aromatic rings. The predicted molar refractivity (Wildman–Crippen MR) is 111 cm³/mol. The fourth-order valence-electron chi connectivity index (χ4n) is 3.44. The Morgan fingerprint density at radius 3 is 2.79 bits per heavy atom. The van der Waals surface area contributed by atoms with Crippen LogP contribution in [0.25, 0.3) is 22.2 Å². The maximum absolute atomic E-state index is 9.44. The summed E-state index contributed by atoms with van der Waals surface area (Å²) in [5, 5.41) is 13.7. The number of hydrazine groups is 1. The molecule has 0 fully saturated rings. The highest BCUT2D eigenvalue weighted by Crippen LogP contribution is 2.30. The Morgan fingerprint density at radius 2 is 1.93 bits per heavy atom. The second-order valence-electron chi connectivity index (χ2n) is 6.95. The third kappa shape index (κ3) is 3.30. The molecule has 1 aliphatic heterocycles. The Balaban J connectivity index is 1.43. The number of fused-ring (bicyclic) bond motifs is 2. The lowest BCUT2D eigenvalue weighted by Crippen LogP contribution is -2.11. The molecule has 8 nitrogen and oxygen atoms in total. The summed E-state index contributed by atoms with van der Waals surface area (Å²) in [6.45, 7) is 2.71. The zero-order valence-corrected chi connectivity index (χ0v) is 15.7. The highest BCUT2D eigenvalue weighted by atomic mass is 16.3. The average molecular weight is 385 g/mol. The van der Waals surface area contributed by atoms with Crippen LogP contribution in [-0.4, -0.2) is 25.0 Å². The molecule has 144 valence electrons. The van der Waals surface area contributed by atoms with Gasteiger partial charge in [0.1, 0.15) is 17.9 Å². The number of benzene rings is 2. The van der Waals surface area contributed by atoms with E-state index in [1.165, 1.54) is 0 Å². The van der Waals surface area contributed by atoms with Crippen molar-refractivity contribution in [3.8, 4) is 17.0 Å². The Bertz CT molecular complexity index is 1190. The van der Waals surface area contributed by atoms with Crippen molar-refractivity contribution in [3.63, 3.8) is 0 Å². The highest BCUT2D eigenvalue weighted by Gasteiger charge is 2.18. The minimum absolute atomic E-state index is 0.0101. The van der Waals surface area contributed by atoms with Crippen LogP contribution in [0.5, 0.6) is 5.75 Å². The van der Waals surface area contributed by atoms with Gasteiger partial charge in [-0.05, 0) is 36.8 Å². The van der Waals surface area contributed by atoms with Crippen LogP contribution in [0.3, 0.4) is 0 Å². The lowest BCUT2D eigenvalue weighted by molar-refractivity contribution is 0.475. The van der Waals surface area contributed by atoms with E-state index >= 15 is 0 Å². The Hall–Kier alpha value is -3.78. The largest absolute Gasteiger partial charge is 0.508 e. The van der Waals surface area contributed by atoms with E-state index in [0.29, 0.717) is 12.5 Å². The zero-order valence-electron chi connectivity index (χ0n) is 15.7. The molecular weight excluding hydrogens is 366 g/mol. The van der Waals surface area contributed by atoms with Crippen LogP contribution in [-0.2, 0) is 6.54 Å². The number of aromatic nitrogens is 4. The normalized spacial score (nSPS) is 13.7. The molecule has 0 unspecified atom stereocenters. The van der Waals surface area contributed by atoms with Gasteiger partial charge in [-0.1, -0.05) is 18.2 Å². The van der Waals surface area contributed by atoms with Crippen LogP contribution < -0.4 is 16.2 Å². The second-order valence-corrected chi connectivity index (χ2v) is 6.95. The van der Waals surface area contributed by atoms with Gasteiger partial charge in [0.25, 0.3) is 0 Å². The number of nitrogens with one attached hydrogen (secondary N) is 3. The highest BCUT2D eigenvalue weighted by molar-refractivity contribution is 5.85. The van der Waals surface area contributed by atoms with Gasteiger partial charge in [0, 0.05) is 29.3 Å². The molecule has 0 saturated carbocycles. The van der Waals surface area contributed by atoms with Crippen LogP contribution in [0, 0.1) is 0 Å². The van der Waals surface area contributed by atoms with Crippen molar-refractivity contribution < 1.29 is 5.11 Å². The van der Waals surface area contributed by atoms with Gasteiger partial charge in [-0.3, -0.25) is 0 Å². The maximum Gasteiger partial charge on any atom is 0.223 e. The molecule has 5 rings (SSSR count). The molecule has 1 aliphatic rings. The molecule has 8 heteroatoms. The molecule has 0 radical (unpaired) electrons. The summed E-state index contributed by atoms with van der Waals surface area (Å²) in [5.74, 6) is 1.62. The molecule has 0 saturated heterocycles. The van der Waals surface area contributed by atoms with E-state index in [0.717, 1.165) is 39.1 Å². The van der Waals surface area contributed by atoms with Crippen LogP contribution in [0.4, 0.5) is 11.8 Å². The standard InChI is InChI=1S/C21H19N7O/c1-12(13-2-5-16(29)6-3-13)26-21-22-9-15-8-14(4-7-18(15)27-21)19-17-10-25-28-20(17)24-11-23-19/h2-9,11-12,25,29H,10H2,1H3,(H,22,26,27)(H,23,24,28)/t12-/m1/s1. The zero-order chi connectivity index (χ0) is 19.8. The van der Waals surface area contributed by atoms with Crippen molar-refractivity contribution in [2.24, 2.45) is 0 Å². The first-order valence-corrected chi connectivity index (χ1v) is 9.33. The number of nitrogens with zero attached hydrogens (tertiary/aromatic N) is 4. The summed E-state index contributed by atoms with van der Waals surface area (Å²) in [7, 11) is 0. The number of hydrogen-bond donors (Lipinski definition) is 4. The van der Waals surface area contributed by atoms with Crippen LogP contribution in [0.1, 0.15) is 24.1 Å². The van der Waals surface area contributed by atoms with E-state index in [4.69, 9.17) is 0 Å². The second kappa shape index (κ2) is 6.99. The molecule has 1 atom stereocenters. The van der Waals surface area contributed by atoms with Crippen LogP contribution >= 0.6 is 0 Å². The SMILES string of the molecule is C[C@@H](Nc1ncc2cc(-c3ncnc4c3CNN4)ccc2n1)c1ccc(O)cc1. The van der Waals surface area contributed by atoms with Gasteiger partial charge >= 0.3 is 0 Å². The van der Waals surface area contributed by atoms with Crippen molar-refractivity contribution in [2.45, 2.75) is 19.5 Å². The lowest BCUT2D eigenvalue weighted by Gasteiger charge is -2.14. The summed E-state index contributed by atoms with van der Waals surface area (Å²) < 4.78 is 0. The first-order chi connectivity index (χ1) is 14.2. The predicted octanol–water partition coefficient (Wildman–Crippen LogP) is 3.40. The summed E-state index contributed by atoms with van der Waals surface area (Å²) in [6, 6.07) is 13.2. The monoisotopic (exact) mass is 385 g/mol. The van der Waals surface area contributed by atoms with Gasteiger partial charge in [-0.25, -0.2) is 25.4 Å². The maximum atomic E-state index is 9.44. The van der Waals surface area contributed by atoms with E-state index in [9.17, 15) is 5.11 Å². The summed E-state index contributed by atoms with van der Waals surface area (Å²) in [6.07, 6.45) is 3.38. The van der Waals surface area contributed by atoms with Crippen molar-refractivity contribution in [1.82, 2.24) is 25.4 Å². The van der Waals surface area contributed by atoms with Crippen molar-refractivity contribution in [2.75, 3.05) is 10.7 Å². The minimum atomic E-state index is 0.0101. The third-order valence-corrected chi connectivity index (χ3v) is 5.01. The molecule has 2 aromatic carbocycles. The van der Waals surface area contributed by atoms with E-state index in [1.807, 2.05) is 43.5 Å². The molecule has 0 spiro atoms. The Morgan fingerprint density at radius 1 is 1.07 bits per heavy atom. The first-order valence-electron chi connectivity index (χ1n) is 9.33. The van der Waals surface area contributed by atoms with Gasteiger partial charge < -0.3 is 15.8 Å². The molecule has 2 aromatic heterocycles. The Labute approximate surface area is 167 Å². The molecule has 3 heterocycles. The quantitative estimate of drug-likeness (QED) is 0.423. The molecule has 0 aliphatic carbocycles. The minimum Gasteiger partial charge on any atom is -0.508 e. The van der Waals surface area contributed by atoms with Gasteiger partial charge in [0.15, 0.2) is 0 Å². The number of hydrogen-bond acceptors (Lipinski definition) is 8. The molecule has 4 N–H and O–H groups in total. The fourth-order valence-corrected chi connectivity index (χ4v) is 3.44. The number of anilines is 2. The number of rotatable bonds is 4. The topological polar surface area (TPSA) is 108 Å². The fraction of sp³-hybridized carbons (Fsp3) is 0.143.